The van der Waals surface area contributed by atoms with Gasteiger partial charge >= 0.3 is 5.97 Å². The van der Waals surface area contributed by atoms with Gasteiger partial charge in [-0.05, 0) is 57.9 Å². The first kappa shape index (κ1) is 21.9. The molecule has 1 aromatic heterocycles. The van der Waals surface area contributed by atoms with E-state index in [4.69, 9.17) is 14.0 Å². The molecule has 0 atom stereocenters. The minimum absolute atomic E-state index is 0.128. The van der Waals surface area contributed by atoms with Gasteiger partial charge in [0.05, 0.1) is 16.8 Å². The van der Waals surface area contributed by atoms with E-state index in [1.807, 2.05) is 25.7 Å². The lowest BCUT2D eigenvalue weighted by Crippen LogP contribution is -2.43. The Morgan fingerprint density at radius 1 is 1.13 bits per heavy atom. The van der Waals surface area contributed by atoms with Crippen molar-refractivity contribution in [1.29, 1.82) is 0 Å². The molecule has 0 radical (unpaired) electrons. The molecule has 3 rings (SSSR count). The van der Waals surface area contributed by atoms with E-state index in [-0.39, 0.29) is 18.6 Å². The monoisotopic (exact) mass is 414 g/mol. The van der Waals surface area contributed by atoms with E-state index in [0.717, 1.165) is 42.7 Å². The van der Waals surface area contributed by atoms with E-state index in [2.05, 4.69) is 5.16 Å². The number of hydrogen-bond acceptors (Lipinski definition) is 6. The summed E-state index contributed by atoms with van der Waals surface area (Å²) >= 11 is 0. The van der Waals surface area contributed by atoms with Gasteiger partial charge in [-0.15, -0.1) is 0 Å². The molecule has 0 bridgehead atoms. The number of nitrogens with zero attached hydrogens (tertiary/aromatic N) is 2. The minimum atomic E-state index is -0.514. The molecular formula is C23H30N2O5. The van der Waals surface area contributed by atoms with Gasteiger partial charge in [-0.25, -0.2) is 4.79 Å². The van der Waals surface area contributed by atoms with E-state index in [0.29, 0.717) is 24.5 Å². The van der Waals surface area contributed by atoms with Crippen LogP contribution in [-0.4, -0.2) is 41.1 Å². The summed E-state index contributed by atoms with van der Waals surface area (Å²) in [7, 11) is 0. The van der Waals surface area contributed by atoms with Crippen LogP contribution in [0.2, 0.25) is 0 Å². The SMILES string of the molecule is CCN(C(=O)COC(=O)c1ccc(OCc2c(C)noc2C)cc1)C1CCCCC1. The highest BCUT2D eigenvalue weighted by Crippen LogP contribution is 2.23. The number of carbonyl (C=O) groups is 2. The molecule has 0 N–H and O–H groups in total. The molecule has 1 heterocycles. The first-order valence-electron chi connectivity index (χ1n) is 10.6. The quantitative estimate of drug-likeness (QED) is 0.602. The topological polar surface area (TPSA) is 81.9 Å². The average Bonchev–Trinajstić information content (AvgIpc) is 3.09. The largest absolute Gasteiger partial charge is 0.489 e. The van der Waals surface area contributed by atoms with Crippen LogP contribution in [0.1, 0.15) is 66.4 Å². The number of benzene rings is 1. The maximum atomic E-state index is 12.5. The van der Waals surface area contributed by atoms with Crippen molar-refractivity contribution in [2.45, 2.75) is 65.5 Å². The van der Waals surface area contributed by atoms with Crippen LogP contribution in [0.15, 0.2) is 28.8 Å². The molecule has 0 saturated heterocycles. The molecule has 162 valence electrons. The molecule has 7 heteroatoms. The summed E-state index contributed by atoms with van der Waals surface area (Å²) < 4.78 is 16.1. The van der Waals surface area contributed by atoms with E-state index in [1.165, 1.54) is 6.42 Å². The summed E-state index contributed by atoms with van der Waals surface area (Å²) in [6, 6.07) is 6.94. The third-order valence-electron chi connectivity index (χ3n) is 5.66. The Bertz CT molecular complexity index is 833. The van der Waals surface area contributed by atoms with Crippen LogP contribution in [0.4, 0.5) is 0 Å². The molecule has 7 nitrogen and oxygen atoms in total. The maximum Gasteiger partial charge on any atom is 0.338 e. The Kier molecular flexibility index (Phi) is 7.49. The van der Waals surface area contributed by atoms with Crippen molar-refractivity contribution < 1.29 is 23.6 Å². The van der Waals surface area contributed by atoms with Gasteiger partial charge in [0.15, 0.2) is 6.61 Å². The zero-order chi connectivity index (χ0) is 21.5. The Morgan fingerprint density at radius 3 is 2.43 bits per heavy atom. The summed E-state index contributed by atoms with van der Waals surface area (Å²) in [5.41, 5.74) is 2.09. The van der Waals surface area contributed by atoms with Gasteiger partial charge in [-0.2, -0.15) is 0 Å². The standard InChI is InChI=1S/C23H30N2O5/c1-4-25(19-8-6-5-7-9-19)22(26)15-29-23(27)18-10-12-20(13-11-18)28-14-21-16(2)24-30-17(21)3/h10-13,19H,4-9,14-15H2,1-3H3. The fraction of sp³-hybridized carbons (Fsp3) is 0.522. The van der Waals surface area contributed by atoms with E-state index >= 15 is 0 Å². The van der Waals surface area contributed by atoms with E-state index < -0.39 is 5.97 Å². The molecule has 1 aliphatic carbocycles. The van der Waals surface area contributed by atoms with Gasteiger partial charge < -0.3 is 18.9 Å². The zero-order valence-corrected chi connectivity index (χ0v) is 18.0. The lowest BCUT2D eigenvalue weighted by molar-refractivity contribution is -0.137. The smallest absolute Gasteiger partial charge is 0.338 e. The van der Waals surface area contributed by atoms with Gasteiger partial charge in [0.25, 0.3) is 5.91 Å². The molecule has 1 saturated carbocycles. The number of aromatic nitrogens is 1. The number of esters is 1. The molecule has 2 aromatic rings. The number of likely N-dealkylation sites (N-methyl/N-ethyl adjacent to an activating group) is 1. The van der Waals surface area contributed by atoms with Crippen LogP contribution < -0.4 is 4.74 Å². The second-order valence-corrected chi connectivity index (χ2v) is 7.66. The summed E-state index contributed by atoms with van der Waals surface area (Å²) in [6.45, 7) is 6.42. The maximum absolute atomic E-state index is 12.5. The highest BCUT2D eigenvalue weighted by Gasteiger charge is 2.25. The van der Waals surface area contributed by atoms with Crippen molar-refractivity contribution in [3.8, 4) is 5.75 Å². The molecule has 0 aliphatic heterocycles. The number of aryl methyl sites for hydroxylation is 2. The van der Waals surface area contributed by atoms with Crippen LogP contribution in [0.3, 0.4) is 0 Å². The lowest BCUT2D eigenvalue weighted by Gasteiger charge is -2.33. The van der Waals surface area contributed by atoms with Crippen LogP contribution >= 0.6 is 0 Å². The first-order chi connectivity index (χ1) is 14.5. The molecule has 1 fully saturated rings. The summed E-state index contributed by atoms with van der Waals surface area (Å²) in [6.07, 6.45) is 5.60. The zero-order valence-electron chi connectivity index (χ0n) is 18.0. The molecular weight excluding hydrogens is 384 g/mol. The predicted molar refractivity (Wildman–Crippen MR) is 111 cm³/mol. The van der Waals surface area contributed by atoms with Crippen LogP contribution in [0, 0.1) is 13.8 Å². The van der Waals surface area contributed by atoms with E-state index in [9.17, 15) is 9.59 Å². The third-order valence-corrected chi connectivity index (χ3v) is 5.66. The van der Waals surface area contributed by atoms with Crippen molar-refractivity contribution in [3.63, 3.8) is 0 Å². The second kappa shape index (κ2) is 10.3. The molecule has 1 aromatic carbocycles. The Labute approximate surface area is 177 Å². The summed E-state index contributed by atoms with van der Waals surface area (Å²) in [4.78, 5) is 26.7. The van der Waals surface area contributed by atoms with Crippen LogP contribution in [0.25, 0.3) is 0 Å². The highest BCUT2D eigenvalue weighted by molar-refractivity contribution is 5.91. The van der Waals surface area contributed by atoms with Crippen molar-refractivity contribution in [2.75, 3.05) is 13.2 Å². The molecule has 30 heavy (non-hydrogen) atoms. The van der Waals surface area contributed by atoms with Gasteiger partial charge in [0.1, 0.15) is 18.1 Å². The lowest BCUT2D eigenvalue weighted by atomic mass is 9.94. The molecule has 0 unspecified atom stereocenters. The number of hydrogen-bond donors (Lipinski definition) is 0. The summed E-state index contributed by atoms with van der Waals surface area (Å²) in [5.74, 6) is 0.710. The normalized spacial score (nSPS) is 14.4. The van der Waals surface area contributed by atoms with Crippen molar-refractivity contribution in [3.05, 3.63) is 46.8 Å². The first-order valence-corrected chi connectivity index (χ1v) is 10.6. The Morgan fingerprint density at radius 2 is 1.83 bits per heavy atom. The number of ether oxygens (including phenoxy) is 2. The Balaban J connectivity index is 1.49. The van der Waals surface area contributed by atoms with E-state index in [1.54, 1.807) is 24.3 Å². The van der Waals surface area contributed by atoms with Gasteiger partial charge in [-0.1, -0.05) is 24.4 Å². The minimum Gasteiger partial charge on any atom is -0.489 e. The van der Waals surface area contributed by atoms with Gasteiger partial charge in [-0.3, -0.25) is 4.79 Å². The number of carbonyl (C=O) groups excluding carboxylic acids is 2. The third kappa shape index (κ3) is 5.40. The highest BCUT2D eigenvalue weighted by atomic mass is 16.5. The fourth-order valence-corrected chi connectivity index (χ4v) is 3.88. The van der Waals surface area contributed by atoms with Gasteiger partial charge in [0.2, 0.25) is 0 Å². The average molecular weight is 415 g/mol. The van der Waals surface area contributed by atoms with Gasteiger partial charge in [0, 0.05) is 12.6 Å². The van der Waals surface area contributed by atoms with Crippen molar-refractivity contribution in [1.82, 2.24) is 10.1 Å². The fourth-order valence-electron chi connectivity index (χ4n) is 3.88. The molecule has 1 amide bonds. The predicted octanol–water partition coefficient (Wildman–Crippen LogP) is 4.21. The molecule has 0 spiro atoms. The molecule has 1 aliphatic rings. The van der Waals surface area contributed by atoms with Crippen molar-refractivity contribution >= 4 is 11.9 Å². The second-order valence-electron chi connectivity index (χ2n) is 7.66. The van der Waals surface area contributed by atoms with Crippen molar-refractivity contribution in [2.24, 2.45) is 0 Å². The number of rotatable bonds is 8. The number of amides is 1. The summed E-state index contributed by atoms with van der Waals surface area (Å²) in [5, 5.41) is 3.90. The van der Waals surface area contributed by atoms with Crippen LogP contribution in [-0.2, 0) is 16.1 Å². The van der Waals surface area contributed by atoms with Crippen LogP contribution in [0.5, 0.6) is 5.75 Å². The Hall–Kier alpha value is -2.83.